The summed E-state index contributed by atoms with van der Waals surface area (Å²) in [6.07, 6.45) is 3.47. The van der Waals surface area contributed by atoms with Gasteiger partial charge in [0.05, 0.1) is 0 Å². The zero-order chi connectivity index (χ0) is 10.0. The van der Waals surface area contributed by atoms with Gasteiger partial charge in [0.2, 0.25) is 5.91 Å². The fourth-order valence-electron chi connectivity index (χ4n) is 1.24. The van der Waals surface area contributed by atoms with Gasteiger partial charge in [0, 0.05) is 18.3 Å². The molecule has 0 fully saturated rings. The van der Waals surface area contributed by atoms with Crippen LogP contribution in [-0.4, -0.2) is 15.5 Å². The average molecular weight is 181 g/mol. The smallest absolute Gasteiger partial charge is 0.240 e. The summed E-state index contributed by atoms with van der Waals surface area (Å²) in [5, 5.41) is 0. The first kappa shape index (κ1) is 9.77. The van der Waals surface area contributed by atoms with Crippen molar-refractivity contribution in [1.82, 2.24) is 9.55 Å². The summed E-state index contributed by atoms with van der Waals surface area (Å²) in [5.41, 5.74) is 5.21. The number of carbonyl (C=O) groups is 1. The van der Waals surface area contributed by atoms with E-state index >= 15 is 0 Å². The normalized spacial score (nSPS) is 13.2. The molecule has 0 spiro atoms. The lowest BCUT2D eigenvalue weighted by molar-refractivity contribution is -0.120. The van der Waals surface area contributed by atoms with Crippen LogP contribution in [0.15, 0.2) is 12.4 Å². The first-order chi connectivity index (χ1) is 6.04. The number of nitrogens with two attached hydrogens (primary N) is 1. The number of rotatable bonds is 3. The van der Waals surface area contributed by atoms with Gasteiger partial charge in [-0.25, -0.2) is 4.98 Å². The Morgan fingerprint density at radius 2 is 2.15 bits per heavy atom. The Morgan fingerprint density at radius 1 is 1.54 bits per heavy atom. The van der Waals surface area contributed by atoms with E-state index in [2.05, 4.69) is 4.98 Å². The van der Waals surface area contributed by atoms with Crippen LogP contribution in [0.4, 0.5) is 0 Å². The third-order valence-corrected chi connectivity index (χ3v) is 2.04. The van der Waals surface area contributed by atoms with Gasteiger partial charge in [-0.3, -0.25) is 4.79 Å². The van der Waals surface area contributed by atoms with Crippen molar-refractivity contribution in [1.29, 1.82) is 0 Å². The fraction of sp³-hybridized carbons (Fsp3) is 0.556. The van der Waals surface area contributed by atoms with Gasteiger partial charge in [-0.2, -0.15) is 0 Å². The molecule has 0 aliphatic carbocycles. The summed E-state index contributed by atoms with van der Waals surface area (Å²) in [7, 11) is 0. The van der Waals surface area contributed by atoms with E-state index in [1.807, 2.05) is 18.4 Å². The molecular formula is C9H15N3O. The molecule has 0 saturated heterocycles. The molecule has 2 N–H and O–H groups in total. The number of primary amides is 1. The van der Waals surface area contributed by atoms with E-state index < -0.39 is 0 Å². The number of hydrogen-bond acceptors (Lipinski definition) is 2. The van der Waals surface area contributed by atoms with Crippen LogP contribution in [0.25, 0.3) is 0 Å². The van der Waals surface area contributed by atoms with Crippen LogP contribution in [0.2, 0.25) is 0 Å². The molecule has 0 radical (unpaired) electrons. The maximum atomic E-state index is 10.9. The predicted molar refractivity (Wildman–Crippen MR) is 50.2 cm³/mol. The molecule has 1 rings (SSSR count). The lowest BCUT2D eigenvalue weighted by atomic mass is 10.2. The Morgan fingerprint density at radius 3 is 2.62 bits per heavy atom. The van der Waals surface area contributed by atoms with Crippen molar-refractivity contribution in [2.24, 2.45) is 5.73 Å². The molecule has 0 saturated carbocycles. The van der Waals surface area contributed by atoms with Crippen LogP contribution in [0, 0.1) is 0 Å². The molecule has 4 nitrogen and oxygen atoms in total. The number of imidazole rings is 1. The molecule has 0 bridgehead atoms. The van der Waals surface area contributed by atoms with E-state index in [9.17, 15) is 4.79 Å². The minimum absolute atomic E-state index is 0.303. The standard InChI is InChI=1S/C9H15N3O/c1-6(2)9-11-4-5-12(9)7(3)8(10)13/h4-7H,1-3H3,(H2,10,13). The number of amides is 1. The van der Waals surface area contributed by atoms with E-state index in [4.69, 9.17) is 5.73 Å². The third-order valence-electron chi connectivity index (χ3n) is 2.04. The molecule has 13 heavy (non-hydrogen) atoms. The maximum Gasteiger partial charge on any atom is 0.240 e. The van der Waals surface area contributed by atoms with Crippen LogP contribution in [-0.2, 0) is 4.79 Å². The molecule has 1 aromatic heterocycles. The largest absolute Gasteiger partial charge is 0.368 e. The fourth-order valence-corrected chi connectivity index (χ4v) is 1.24. The van der Waals surface area contributed by atoms with Crippen LogP contribution in [0.5, 0.6) is 0 Å². The molecule has 0 aromatic carbocycles. The zero-order valence-corrected chi connectivity index (χ0v) is 8.19. The van der Waals surface area contributed by atoms with Crippen LogP contribution < -0.4 is 5.73 Å². The molecule has 1 aromatic rings. The van der Waals surface area contributed by atoms with Gasteiger partial charge < -0.3 is 10.3 Å². The summed E-state index contributed by atoms with van der Waals surface area (Å²) in [5.74, 6) is 0.864. The lowest BCUT2D eigenvalue weighted by Crippen LogP contribution is -2.25. The van der Waals surface area contributed by atoms with Crippen molar-refractivity contribution < 1.29 is 4.79 Å². The quantitative estimate of drug-likeness (QED) is 0.757. The molecule has 1 atom stereocenters. The number of aromatic nitrogens is 2. The van der Waals surface area contributed by atoms with Gasteiger partial charge in [-0.1, -0.05) is 13.8 Å². The van der Waals surface area contributed by atoms with Gasteiger partial charge >= 0.3 is 0 Å². The molecular weight excluding hydrogens is 166 g/mol. The molecule has 0 aliphatic heterocycles. The van der Waals surface area contributed by atoms with E-state index in [1.165, 1.54) is 0 Å². The highest BCUT2D eigenvalue weighted by atomic mass is 16.1. The minimum atomic E-state index is -0.333. The van der Waals surface area contributed by atoms with Gasteiger partial charge in [0.15, 0.2) is 0 Å². The molecule has 1 unspecified atom stereocenters. The second kappa shape index (κ2) is 3.60. The second-order valence-electron chi connectivity index (χ2n) is 3.43. The van der Waals surface area contributed by atoms with Crippen LogP contribution >= 0.6 is 0 Å². The van der Waals surface area contributed by atoms with Gasteiger partial charge in [0.1, 0.15) is 11.9 Å². The number of carbonyl (C=O) groups excluding carboxylic acids is 1. The third kappa shape index (κ3) is 1.88. The van der Waals surface area contributed by atoms with Gasteiger partial charge in [0.25, 0.3) is 0 Å². The van der Waals surface area contributed by atoms with Gasteiger partial charge in [-0.15, -0.1) is 0 Å². The van der Waals surface area contributed by atoms with Crippen molar-refractivity contribution in [3.63, 3.8) is 0 Å². The molecule has 4 heteroatoms. The van der Waals surface area contributed by atoms with Crippen molar-refractivity contribution in [3.05, 3.63) is 18.2 Å². The average Bonchev–Trinajstić information content (AvgIpc) is 2.50. The van der Waals surface area contributed by atoms with Crippen molar-refractivity contribution in [2.45, 2.75) is 32.7 Å². The second-order valence-corrected chi connectivity index (χ2v) is 3.43. The lowest BCUT2D eigenvalue weighted by Gasteiger charge is -2.14. The highest BCUT2D eigenvalue weighted by molar-refractivity contribution is 5.77. The Bertz CT molecular complexity index is 304. The Balaban J connectivity index is 3.00. The summed E-state index contributed by atoms with van der Waals surface area (Å²) in [4.78, 5) is 15.1. The number of nitrogens with zero attached hydrogens (tertiary/aromatic N) is 2. The summed E-state index contributed by atoms with van der Waals surface area (Å²) in [6.45, 7) is 5.84. The first-order valence-corrected chi connectivity index (χ1v) is 4.36. The van der Waals surface area contributed by atoms with Gasteiger partial charge in [-0.05, 0) is 6.92 Å². The predicted octanol–water partition coefficient (Wildman–Crippen LogP) is 1.05. The van der Waals surface area contributed by atoms with E-state index in [0.29, 0.717) is 5.92 Å². The van der Waals surface area contributed by atoms with Crippen LogP contribution in [0.3, 0.4) is 0 Å². The summed E-state index contributed by atoms with van der Waals surface area (Å²) >= 11 is 0. The minimum Gasteiger partial charge on any atom is -0.368 e. The Hall–Kier alpha value is -1.32. The van der Waals surface area contributed by atoms with Crippen LogP contribution in [0.1, 0.15) is 38.6 Å². The molecule has 0 aliphatic rings. The molecule has 1 amide bonds. The highest BCUT2D eigenvalue weighted by Gasteiger charge is 2.15. The summed E-state index contributed by atoms with van der Waals surface area (Å²) < 4.78 is 1.81. The topological polar surface area (TPSA) is 60.9 Å². The molecule has 1 heterocycles. The van der Waals surface area contributed by atoms with Crippen molar-refractivity contribution >= 4 is 5.91 Å². The van der Waals surface area contributed by atoms with E-state index in [0.717, 1.165) is 5.82 Å². The van der Waals surface area contributed by atoms with E-state index in [1.54, 1.807) is 19.3 Å². The van der Waals surface area contributed by atoms with Crippen molar-refractivity contribution in [3.8, 4) is 0 Å². The number of hydrogen-bond donors (Lipinski definition) is 1. The van der Waals surface area contributed by atoms with E-state index in [-0.39, 0.29) is 11.9 Å². The summed E-state index contributed by atoms with van der Waals surface area (Å²) in [6, 6.07) is -0.320. The first-order valence-electron chi connectivity index (χ1n) is 4.36. The molecule has 72 valence electrons. The zero-order valence-electron chi connectivity index (χ0n) is 8.19. The Labute approximate surface area is 77.8 Å². The highest BCUT2D eigenvalue weighted by Crippen LogP contribution is 2.16. The monoisotopic (exact) mass is 181 g/mol. The SMILES string of the molecule is CC(C)c1nccn1C(C)C(N)=O. The van der Waals surface area contributed by atoms with Crippen molar-refractivity contribution in [2.75, 3.05) is 0 Å². The Kier molecular flexibility index (Phi) is 2.70. The maximum absolute atomic E-state index is 10.9.